The Kier molecular flexibility index (Phi) is 3.56. The van der Waals surface area contributed by atoms with Crippen LogP contribution in [0.25, 0.3) is 0 Å². The number of carboxylic acids is 1. The first kappa shape index (κ1) is 12.9. The van der Waals surface area contributed by atoms with E-state index < -0.39 is 5.97 Å². The van der Waals surface area contributed by atoms with Crippen molar-refractivity contribution >= 4 is 23.7 Å². The van der Waals surface area contributed by atoms with Crippen LogP contribution in [-0.2, 0) is 9.53 Å². The van der Waals surface area contributed by atoms with E-state index in [0.29, 0.717) is 23.6 Å². The number of thioether (sulfide) groups is 1. The molecule has 1 fully saturated rings. The zero-order chi connectivity index (χ0) is 13.3. The predicted molar refractivity (Wildman–Crippen MR) is 65.9 cm³/mol. The van der Waals surface area contributed by atoms with Gasteiger partial charge in [-0.05, 0) is 25.5 Å². The van der Waals surface area contributed by atoms with Gasteiger partial charge in [0.1, 0.15) is 10.3 Å². The van der Waals surface area contributed by atoms with E-state index in [1.54, 1.807) is 19.9 Å². The van der Waals surface area contributed by atoms with Gasteiger partial charge < -0.3 is 9.84 Å². The Morgan fingerprint density at radius 2 is 2.28 bits per heavy atom. The number of carboxylic acid groups (broad SMARTS) is 1. The predicted octanol–water partition coefficient (Wildman–Crippen LogP) is 1.80. The number of aromatic carboxylic acids is 1. The van der Waals surface area contributed by atoms with E-state index in [1.807, 2.05) is 0 Å². The smallest absolute Gasteiger partial charge is 0.338 e. The molecule has 1 aromatic rings. The number of pyridine rings is 1. The molecular weight excluding hydrogens is 254 g/mol. The molecule has 0 radical (unpaired) electrons. The van der Waals surface area contributed by atoms with Gasteiger partial charge in [-0.2, -0.15) is 0 Å². The third kappa shape index (κ3) is 2.48. The van der Waals surface area contributed by atoms with Crippen molar-refractivity contribution in [1.82, 2.24) is 4.98 Å². The molecule has 6 heteroatoms. The third-order valence-corrected chi connectivity index (χ3v) is 3.90. The van der Waals surface area contributed by atoms with Crippen molar-refractivity contribution in [2.75, 3.05) is 6.61 Å². The maximum Gasteiger partial charge on any atom is 0.338 e. The molecule has 1 aliphatic rings. The van der Waals surface area contributed by atoms with E-state index in [2.05, 4.69) is 4.98 Å². The van der Waals surface area contributed by atoms with Gasteiger partial charge >= 0.3 is 11.9 Å². The number of hydrogen-bond donors (Lipinski definition) is 1. The summed E-state index contributed by atoms with van der Waals surface area (Å²) in [6.07, 6.45) is 0.594. The zero-order valence-electron chi connectivity index (χ0n) is 10.1. The maximum atomic E-state index is 11.4. The van der Waals surface area contributed by atoms with Crippen LogP contribution in [0.3, 0.4) is 0 Å². The summed E-state index contributed by atoms with van der Waals surface area (Å²) in [5.41, 5.74) is 1.57. The number of rotatable bonds is 3. The Hall–Kier alpha value is -1.56. The van der Waals surface area contributed by atoms with Crippen molar-refractivity contribution in [3.63, 3.8) is 0 Å². The minimum atomic E-state index is -1.02. The van der Waals surface area contributed by atoms with E-state index in [-0.39, 0.29) is 16.8 Å². The van der Waals surface area contributed by atoms with Gasteiger partial charge in [-0.3, -0.25) is 4.79 Å². The minimum absolute atomic E-state index is 0.172. The summed E-state index contributed by atoms with van der Waals surface area (Å²) >= 11 is 1.18. The highest BCUT2D eigenvalue weighted by Crippen LogP contribution is 2.32. The summed E-state index contributed by atoms with van der Waals surface area (Å²) in [6, 6.07) is 1.72. The Morgan fingerprint density at radius 3 is 2.83 bits per heavy atom. The van der Waals surface area contributed by atoms with Gasteiger partial charge in [0.2, 0.25) is 0 Å². The van der Waals surface area contributed by atoms with Gasteiger partial charge in [0.15, 0.2) is 0 Å². The molecule has 0 bridgehead atoms. The normalized spacial score (nSPS) is 18.8. The van der Waals surface area contributed by atoms with E-state index in [4.69, 9.17) is 4.74 Å². The first-order chi connectivity index (χ1) is 8.49. The molecule has 2 rings (SSSR count). The Balaban J connectivity index is 2.36. The largest absolute Gasteiger partial charge is 0.478 e. The first-order valence-electron chi connectivity index (χ1n) is 5.54. The summed E-state index contributed by atoms with van der Waals surface area (Å²) in [4.78, 5) is 26.9. The molecule has 0 saturated carbocycles. The van der Waals surface area contributed by atoms with Gasteiger partial charge in [-0.25, -0.2) is 9.78 Å². The lowest BCUT2D eigenvalue weighted by Gasteiger charge is -2.11. The number of hydrogen-bond acceptors (Lipinski definition) is 5. The lowest BCUT2D eigenvalue weighted by Crippen LogP contribution is -2.12. The number of cyclic esters (lactones) is 1. The lowest BCUT2D eigenvalue weighted by atomic mass is 10.1. The molecule has 1 saturated heterocycles. The average Bonchev–Trinajstić information content (AvgIpc) is 2.62. The van der Waals surface area contributed by atoms with Crippen LogP contribution in [0.15, 0.2) is 11.1 Å². The van der Waals surface area contributed by atoms with E-state index in [9.17, 15) is 14.7 Å². The summed E-state index contributed by atoms with van der Waals surface area (Å²) in [6.45, 7) is 3.93. The first-order valence-corrected chi connectivity index (χ1v) is 6.42. The number of aromatic nitrogens is 1. The quantitative estimate of drug-likeness (QED) is 0.842. The van der Waals surface area contributed by atoms with Crippen LogP contribution in [0.1, 0.15) is 28.0 Å². The number of carbonyl (C=O) groups is 2. The Bertz CT molecular complexity index is 515. The minimum Gasteiger partial charge on any atom is -0.478 e. The summed E-state index contributed by atoms with van der Waals surface area (Å²) in [7, 11) is 0. The standard InChI is InChI=1S/C12H13NO4S/c1-6-5-7(2)13-10(9(6)11(14)15)18-8-3-4-17-12(8)16/h5,8H,3-4H2,1-2H3,(H,14,15). The molecule has 0 spiro atoms. The molecule has 1 aliphatic heterocycles. The number of nitrogens with zero attached hydrogens (tertiary/aromatic N) is 1. The van der Waals surface area contributed by atoms with E-state index in [1.165, 1.54) is 11.8 Å². The molecule has 5 nitrogen and oxygen atoms in total. The second kappa shape index (κ2) is 4.97. The van der Waals surface area contributed by atoms with Crippen molar-refractivity contribution in [3.05, 3.63) is 22.9 Å². The molecule has 1 atom stereocenters. The van der Waals surface area contributed by atoms with E-state index in [0.717, 1.165) is 5.69 Å². The van der Waals surface area contributed by atoms with Crippen molar-refractivity contribution in [2.24, 2.45) is 0 Å². The van der Waals surface area contributed by atoms with Crippen LogP contribution in [-0.4, -0.2) is 33.9 Å². The van der Waals surface area contributed by atoms with E-state index >= 15 is 0 Å². The van der Waals surface area contributed by atoms with Gasteiger partial charge in [0, 0.05) is 12.1 Å². The number of ether oxygens (including phenoxy) is 1. The monoisotopic (exact) mass is 267 g/mol. The molecule has 0 aliphatic carbocycles. The third-order valence-electron chi connectivity index (χ3n) is 2.67. The van der Waals surface area contributed by atoms with Crippen LogP contribution in [0.4, 0.5) is 0 Å². The van der Waals surface area contributed by atoms with Gasteiger partial charge in [0.25, 0.3) is 0 Å². The van der Waals surface area contributed by atoms with Crippen molar-refractivity contribution in [3.8, 4) is 0 Å². The SMILES string of the molecule is Cc1cc(C)c(C(=O)O)c(SC2CCOC2=O)n1. The molecular formula is C12H13NO4S. The fourth-order valence-corrected chi connectivity index (χ4v) is 3.08. The molecule has 0 aromatic carbocycles. The molecule has 2 heterocycles. The lowest BCUT2D eigenvalue weighted by molar-refractivity contribution is -0.137. The Morgan fingerprint density at radius 1 is 1.56 bits per heavy atom. The highest BCUT2D eigenvalue weighted by Gasteiger charge is 2.30. The van der Waals surface area contributed by atoms with Crippen molar-refractivity contribution in [1.29, 1.82) is 0 Å². The zero-order valence-corrected chi connectivity index (χ0v) is 10.9. The number of carbonyl (C=O) groups excluding carboxylic acids is 1. The summed E-state index contributed by atoms with van der Waals surface area (Å²) in [5, 5.41) is 9.25. The molecule has 1 aromatic heterocycles. The molecule has 96 valence electrons. The fourth-order valence-electron chi connectivity index (χ4n) is 1.87. The average molecular weight is 267 g/mol. The van der Waals surface area contributed by atoms with Gasteiger partial charge in [-0.15, -0.1) is 0 Å². The molecule has 1 unspecified atom stereocenters. The second-order valence-corrected chi connectivity index (χ2v) is 5.32. The molecule has 1 N–H and O–H groups in total. The summed E-state index contributed by atoms with van der Waals surface area (Å²) < 4.78 is 4.86. The maximum absolute atomic E-state index is 11.4. The topological polar surface area (TPSA) is 76.5 Å². The molecule has 0 amide bonds. The van der Waals surface area contributed by atoms with Crippen molar-refractivity contribution in [2.45, 2.75) is 30.5 Å². The van der Waals surface area contributed by atoms with Gasteiger partial charge in [-0.1, -0.05) is 11.8 Å². The second-order valence-electron chi connectivity index (χ2n) is 4.13. The van der Waals surface area contributed by atoms with Crippen molar-refractivity contribution < 1.29 is 19.4 Å². The Labute approximate surface area is 109 Å². The van der Waals surface area contributed by atoms with Crippen LogP contribution in [0.2, 0.25) is 0 Å². The van der Waals surface area contributed by atoms with Crippen LogP contribution >= 0.6 is 11.8 Å². The van der Waals surface area contributed by atoms with Crippen LogP contribution in [0.5, 0.6) is 0 Å². The highest BCUT2D eigenvalue weighted by molar-refractivity contribution is 8.00. The van der Waals surface area contributed by atoms with Crippen LogP contribution < -0.4 is 0 Å². The van der Waals surface area contributed by atoms with Crippen LogP contribution in [0, 0.1) is 13.8 Å². The fraction of sp³-hybridized carbons (Fsp3) is 0.417. The number of aryl methyl sites for hydroxylation is 2. The molecule has 18 heavy (non-hydrogen) atoms. The number of esters is 1. The van der Waals surface area contributed by atoms with Gasteiger partial charge in [0.05, 0.1) is 12.2 Å². The highest BCUT2D eigenvalue weighted by atomic mass is 32.2. The summed E-state index contributed by atoms with van der Waals surface area (Å²) in [5.74, 6) is -1.31.